The summed E-state index contributed by atoms with van der Waals surface area (Å²) in [5.41, 5.74) is 0.0699. The van der Waals surface area contributed by atoms with Crippen molar-refractivity contribution in [2.45, 2.75) is 0 Å². The zero-order valence-electron chi connectivity index (χ0n) is 9.46. The van der Waals surface area contributed by atoms with E-state index in [9.17, 15) is 20.4 Å². The van der Waals surface area contributed by atoms with Gasteiger partial charge in [0.1, 0.15) is 23.0 Å². The number of aromatic hydroxyl groups is 4. The lowest BCUT2D eigenvalue weighted by atomic mass is 10.0. The van der Waals surface area contributed by atoms with Crippen LogP contribution in [0.25, 0.3) is 11.1 Å². The summed E-state index contributed by atoms with van der Waals surface area (Å²) in [6.45, 7) is 0. The third-order valence-corrected chi connectivity index (χ3v) is 5.90. The van der Waals surface area contributed by atoms with Crippen LogP contribution >= 0.6 is 90.4 Å². The van der Waals surface area contributed by atoms with Gasteiger partial charge in [0.2, 0.25) is 0 Å². The van der Waals surface area contributed by atoms with Crippen molar-refractivity contribution >= 4 is 90.4 Å². The Labute approximate surface area is 169 Å². The second-order valence-corrected chi connectivity index (χ2v) is 8.47. The molecule has 106 valence electrons. The predicted molar refractivity (Wildman–Crippen MR) is 109 cm³/mol. The van der Waals surface area contributed by atoms with E-state index in [-0.39, 0.29) is 34.1 Å². The molecule has 0 aliphatic carbocycles. The molecule has 0 bridgehead atoms. The fraction of sp³-hybridized carbons (Fsp3) is 0. The molecule has 0 saturated carbocycles. The summed E-state index contributed by atoms with van der Waals surface area (Å²) in [4.78, 5) is 0. The first-order chi connectivity index (χ1) is 9.25. The van der Waals surface area contributed by atoms with Gasteiger partial charge in [-0.15, -0.1) is 0 Å². The first-order valence-corrected chi connectivity index (χ1v) is 9.37. The maximum Gasteiger partial charge on any atom is 0.140 e. The Bertz CT molecular complexity index is 602. The number of phenols is 4. The Kier molecular flexibility index (Phi) is 5.38. The van der Waals surface area contributed by atoms with E-state index < -0.39 is 0 Å². The van der Waals surface area contributed by atoms with E-state index in [1.807, 2.05) is 90.4 Å². The molecule has 0 radical (unpaired) electrons. The van der Waals surface area contributed by atoms with Crippen LogP contribution in [0.4, 0.5) is 0 Å². The van der Waals surface area contributed by atoms with E-state index in [0.717, 1.165) is 0 Å². The van der Waals surface area contributed by atoms with Gasteiger partial charge in [-0.05, 0) is 102 Å². The van der Waals surface area contributed by atoms with Crippen molar-refractivity contribution in [2.24, 2.45) is 0 Å². The summed E-state index contributed by atoms with van der Waals surface area (Å²) in [6.07, 6.45) is 0. The summed E-state index contributed by atoms with van der Waals surface area (Å²) in [5.74, 6) is -0.697. The number of phenolic OH excluding ortho intramolecular Hbond substituents is 4. The Balaban J connectivity index is 2.96. The van der Waals surface area contributed by atoms with Crippen molar-refractivity contribution in [3.05, 3.63) is 26.4 Å². The molecular formula is C12H6I4O4. The lowest BCUT2D eigenvalue weighted by Gasteiger charge is -2.15. The first-order valence-electron chi connectivity index (χ1n) is 5.06. The fourth-order valence-corrected chi connectivity index (χ4v) is 5.19. The van der Waals surface area contributed by atoms with Crippen LogP contribution in [0.3, 0.4) is 0 Å². The molecular weight excluding hydrogens is 716 g/mol. The highest BCUT2D eigenvalue weighted by Gasteiger charge is 2.25. The van der Waals surface area contributed by atoms with Crippen molar-refractivity contribution in [2.75, 3.05) is 0 Å². The molecule has 0 aliphatic heterocycles. The van der Waals surface area contributed by atoms with Gasteiger partial charge >= 0.3 is 0 Å². The van der Waals surface area contributed by atoms with Gasteiger partial charge in [0, 0.05) is 0 Å². The van der Waals surface area contributed by atoms with Gasteiger partial charge < -0.3 is 20.4 Å². The van der Waals surface area contributed by atoms with Crippen LogP contribution in [0.1, 0.15) is 0 Å². The van der Waals surface area contributed by atoms with Gasteiger partial charge in [-0.25, -0.2) is 0 Å². The Morgan fingerprint density at radius 3 is 0.900 bits per heavy atom. The quantitative estimate of drug-likeness (QED) is 0.325. The molecule has 0 heterocycles. The van der Waals surface area contributed by atoms with E-state index in [2.05, 4.69) is 0 Å². The van der Waals surface area contributed by atoms with E-state index >= 15 is 0 Å². The third kappa shape index (κ3) is 2.88. The second kappa shape index (κ2) is 6.36. The Hall–Kier alpha value is 0.560. The highest BCUT2D eigenvalue weighted by atomic mass is 127. The predicted octanol–water partition coefficient (Wildman–Crippen LogP) is 4.59. The maximum atomic E-state index is 10.2. The third-order valence-electron chi connectivity index (χ3n) is 2.61. The zero-order valence-corrected chi connectivity index (χ0v) is 18.1. The van der Waals surface area contributed by atoms with Gasteiger partial charge in [0.15, 0.2) is 0 Å². The molecule has 4 N–H and O–H groups in total. The van der Waals surface area contributed by atoms with Crippen LogP contribution < -0.4 is 0 Å². The molecule has 2 rings (SSSR count). The SMILES string of the molecule is Oc1c(I)cc(I)c(O)c1-c1c(O)c(I)cc(I)c1O. The first kappa shape index (κ1) is 16.9. The molecule has 2 aromatic carbocycles. The van der Waals surface area contributed by atoms with Crippen LogP contribution in [0.5, 0.6) is 23.0 Å². The molecule has 4 nitrogen and oxygen atoms in total. The molecule has 0 atom stereocenters. The molecule has 0 amide bonds. The number of hydrogen-bond donors (Lipinski definition) is 4. The van der Waals surface area contributed by atoms with Gasteiger partial charge in [-0.3, -0.25) is 0 Å². The van der Waals surface area contributed by atoms with E-state index in [1.165, 1.54) is 0 Å². The van der Waals surface area contributed by atoms with Gasteiger partial charge in [0.05, 0.1) is 25.4 Å². The van der Waals surface area contributed by atoms with Crippen molar-refractivity contribution in [3.63, 3.8) is 0 Å². The van der Waals surface area contributed by atoms with Gasteiger partial charge in [0.25, 0.3) is 0 Å². The smallest absolute Gasteiger partial charge is 0.140 e. The van der Waals surface area contributed by atoms with Gasteiger partial charge in [-0.1, -0.05) is 0 Å². The summed E-state index contributed by atoms with van der Waals surface area (Å²) in [5, 5.41) is 40.8. The van der Waals surface area contributed by atoms with Crippen LogP contribution in [0.15, 0.2) is 12.1 Å². The number of rotatable bonds is 1. The maximum absolute atomic E-state index is 10.2. The minimum atomic E-state index is -0.174. The molecule has 8 heteroatoms. The van der Waals surface area contributed by atoms with Crippen LogP contribution in [-0.4, -0.2) is 20.4 Å². The zero-order chi connectivity index (χ0) is 15.2. The number of halogens is 4. The van der Waals surface area contributed by atoms with E-state index in [1.54, 1.807) is 12.1 Å². The van der Waals surface area contributed by atoms with Crippen LogP contribution in [0.2, 0.25) is 0 Å². The molecule has 2 aromatic rings. The lowest BCUT2D eigenvalue weighted by Crippen LogP contribution is -1.92. The van der Waals surface area contributed by atoms with Crippen molar-refractivity contribution in [1.82, 2.24) is 0 Å². The summed E-state index contributed by atoms with van der Waals surface area (Å²) < 4.78 is 2.08. The minimum Gasteiger partial charge on any atom is -0.506 e. The fourth-order valence-electron chi connectivity index (χ4n) is 1.67. The van der Waals surface area contributed by atoms with E-state index in [4.69, 9.17) is 0 Å². The highest BCUT2D eigenvalue weighted by molar-refractivity contribution is 14.1. The molecule has 20 heavy (non-hydrogen) atoms. The van der Waals surface area contributed by atoms with Gasteiger partial charge in [-0.2, -0.15) is 0 Å². The monoisotopic (exact) mass is 722 g/mol. The molecule has 0 spiro atoms. The highest BCUT2D eigenvalue weighted by Crippen LogP contribution is 2.51. The largest absolute Gasteiger partial charge is 0.506 e. The minimum absolute atomic E-state index is 0.0349. The van der Waals surface area contributed by atoms with Crippen molar-refractivity contribution < 1.29 is 20.4 Å². The summed E-state index contributed by atoms with van der Waals surface area (Å²) in [6, 6.07) is 3.23. The summed E-state index contributed by atoms with van der Waals surface area (Å²) in [7, 11) is 0. The average molecular weight is 722 g/mol. The Morgan fingerprint density at radius 2 is 0.700 bits per heavy atom. The lowest BCUT2D eigenvalue weighted by molar-refractivity contribution is 0.434. The van der Waals surface area contributed by atoms with E-state index in [0.29, 0.717) is 14.3 Å². The molecule has 0 saturated heterocycles. The molecule has 0 aromatic heterocycles. The topological polar surface area (TPSA) is 80.9 Å². The molecule has 0 aliphatic rings. The molecule has 0 fully saturated rings. The van der Waals surface area contributed by atoms with Crippen LogP contribution in [0, 0.1) is 14.3 Å². The number of benzene rings is 2. The van der Waals surface area contributed by atoms with Crippen molar-refractivity contribution in [3.8, 4) is 34.1 Å². The summed E-state index contributed by atoms with van der Waals surface area (Å²) >= 11 is 7.71. The molecule has 0 unspecified atom stereocenters. The normalized spacial score (nSPS) is 10.8. The van der Waals surface area contributed by atoms with Crippen LogP contribution in [-0.2, 0) is 0 Å². The Morgan fingerprint density at radius 1 is 0.500 bits per heavy atom. The second-order valence-electron chi connectivity index (χ2n) is 3.82. The standard InChI is InChI=1S/C12H6I4O4/c13-3-1-4(14)10(18)7(9(3)17)8-11(19)5(15)2-6(16)12(8)20/h1-2,17-20H. The van der Waals surface area contributed by atoms with Crippen molar-refractivity contribution in [1.29, 1.82) is 0 Å². The average Bonchev–Trinajstić information content (AvgIpc) is 2.38. The number of hydrogen-bond acceptors (Lipinski definition) is 4.